The van der Waals surface area contributed by atoms with Gasteiger partial charge in [-0.2, -0.15) is 0 Å². The highest BCUT2D eigenvalue weighted by atomic mass is 16.5. The van der Waals surface area contributed by atoms with Gasteiger partial charge in [0.1, 0.15) is 12.4 Å². The zero-order valence-corrected chi connectivity index (χ0v) is 20.4. The van der Waals surface area contributed by atoms with E-state index >= 15 is 0 Å². The van der Waals surface area contributed by atoms with Crippen LogP contribution in [-0.2, 0) is 6.61 Å². The van der Waals surface area contributed by atoms with Crippen LogP contribution < -0.4 is 10.1 Å². The fraction of sp³-hybridized carbons (Fsp3) is 0.0312. The van der Waals surface area contributed by atoms with Gasteiger partial charge in [-0.05, 0) is 53.1 Å². The number of amides is 1. The average molecular weight is 501 g/mol. The number of benzene rings is 4. The molecular formula is C32H24N2O4. The lowest BCUT2D eigenvalue weighted by atomic mass is 10.0. The Bertz CT molecular complexity index is 1570. The molecule has 1 amide bonds. The van der Waals surface area contributed by atoms with Crippen molar-refractivity contribution >= 4 is 17.6 Å². The number of rotatable bonds is 8. The van der Waals surface area contributed by atoms with Gasteiger partial charge in [-0.3, -0.25) is 9.78 Å². The van der Waals surface area contributed by atoms with E-state index in [9.17, 15) is 14.7 Å². The van der Waals surface area contributed by atoms with Gasteiger partial charge in [0.05, 0.1) is 22.5 Å². The minimum absolute atomic E-state index is 0.00473. The van der Waals surface area contributed by atoms with E-state index in [0.717, 1.165) is 27.9 Å². The molecule has 0 aliphatic carbocycles. The van der Waals surface area contributed by atoms with E-state index in [1.54, 1.807) is 36.5 Å². The van der Waals surface area contributed by atoms with E-state index in [2.05, 4.69) is 10.3 Å². The molecule has 0 saturated carbocycles. The predicted octanol–water partition coefficient (Wildman–Crippen LogP) is 6.95. The van der Waals surface area contributed by atoms with Gasteiger partial charge in [-0.25, -0.2) is 4.79 Å². The molecule has 0 radical (unpaired) electrons. The highest BCUT2D eigenvalue weighted by Gasteiger charge is 2.19. The summed E-state index contributed by atoms with van der Waals surface area (Å²) in [7, 11) is 0. The summed E-state index contributed by atoms with van der Waals surface area (Å²) in [4.78, 5) is 29.8. The topological polar surface area (TPSA) is 88.5 Å². The van der Waals surface area contributed by atoms with Crippen molar-refractivity contribution < 1.29 is 19.4 Å². The van der Waals surface area contributed by atoms with Crippen molar-refractivity contribution in [2.45, 2.75) is 6.61 Å². The van der Waals surface area contributed by atoms with Crippen molar-refractivity contribution in [2.24, 2.45) is 0 Å². The Morgan fingerprint density at radius 1 is 0.711 bits per heavy atom. The second-order valence-corrected chi connectivity index (χ2v) is 8.59. The first-order valence-corrected chi connectivity index (χ1v) is 12.0. The fourth-order valence-electron chi connectivity index (χ4n) is 4.09. The summed E-state index contributed by atoms with van der Waals surface area (Å²) in [5.41, 5.74) is 4.66. The summed E-state index contributed by atoms with van der Waals surface area (Å²) >= 11 is 0. The minimum Gasteiger partial charge on any atom is -0.488 e. The Hall–Kier alpha value is -5.23. The van der Waals surface area contributed by atoms with Crippen molar-refractivity contribution in [3.05, 3.63) is 138 Å². The Morgan fingerprint density at radius 3 is 2.11 bits per heavy atom. The number of carboxylic acids is 1. The summed E-state index contributed by atoms with van der Waals surface area (Å²) in [6.45, 7) is 0.261. The molecule has 0 aliphatic heterocycles. The molecule has 0 bridgehead atoms. The van der Waals surface area contributed by atoms with Gasteiger partial charge >= 0.3 is 5.97 Å². The quantitative estimate of drug-likeness (QED) is 0.241. The molecule has 1 heterocycles. The van der Waals surface area contributed by atoms with Gasteiger partial charge < -0.3 is 15.2 Å². The summed E-state index contributed by atoms with van der Waals surface area (Å²) < 4.78 is 6.11. The molecule has 0 spiro atoms. The van der Waals surface area contributed by atoms with E-state index in [1.807, 2.05) is 78.9 Å². The van der Waals surface area contributed by atoms with Crippen molar-refractivity contribution in [1.29, 1.82) is 0 Å². The predicted molar refractivity (Wildman–Crippen MR) is 147 cm³/mol. The minimum atomic E-state index is -1.13. The van der Waals surface area contributed by atoms with Gasteiger partial charge in [0.15, 0.2) is 0 Å². The molecule has 0 fully saturated rings. The van der Waals surface area contributed by atoms with Crippen LogP contribution in [0.4, 0.5) is 5.69 Å². The zero-order valence-electron chi connectivity index (χ0n) is 20.4. The van der Waals surface area contributed by atoms with Gasteiger partial charge in [0.2, 0.25) is 0 Å². The molecule has 38 heavy (non-hydrogen) atoms. The van der Waals surface area contributed by atoms with E-state index in [0.29, 0.717) is 5.75 Å². The highest BCUT2D eigenvalue weighted by Crippen LogP contribution is 2.30. The number of carboxylic acid groups (broad SMARTS) is 1. The molecular weight excluding hydrogens is 476 g/mol. The Kier molecular flexibility index (Phi) is 7.23. The normalized spacial score (nSPS) is 10.5. The van der Waals surface area contributed by atoms with Crippen LogP contribution in [0.1, 0.15) is 26.3 Å². The maximum Gasteiger partial charge on any atom is 0.337 e. The van der Waals surface area contributed by atoms with Crippen molar-refractivity contribution in [3.8, 4) is 28.1 Å². The van der Waals surface area contributed by atoms with Crippen LogP contribution in [0.3, 0.4) is 0 Å². The largest absolute Gasteiger partial charge is 0.488 e. The van der Waals surface area contributed by atoms with Crippen molar-refractivity contribution in [2.75, 3.05) is 5.32 Å². The van der Waals surface area contributed by atoms with Crippen LogP contribution in [0, 0.1) is 0 Å². The number of hydrogen-bond acceptors (Lipinski definition) is 4. The van der Waals surface area contributed by atoms with Gasteiger partial charge in [-0.1, -0.05) is 78.9 Å². The second-order valence-electron chi connectivity index (χ2n) is 8.59. The SMILES string of the molecule is O=C(O)c1ccc(-c2ccccc2)cc1NC(=O)c1ccc(-c2ccccn2)cc1OCc1ccccc1. The number of hydrogen-bond donors (Lipinski definition) is 2. The van der Waals surface area contributed by atoms with Gasteiger partial charge in [0.25, 0.3) is 5.91 Å². The summed E-state index contributed by atoms with van der Waals surface area (Å²) in [6.07, 6.45) is 1.70. The maximum atomic E-state index is 13.5. The molecule has 0 atom stereocenters. The number of carbonyl (C=O) groups is 2. The van der Waals surface area contributed by atoms with Crippen molar-refractivity contribution in [3.63, 3.8) is 0 Å². The molecule has 186 valence electrons. The third-order valence-electron chi connectivity index (χ3n) is 6.03. The molecule has 0 unspecified atom stereocenters. The standard InChI is InChI=1S/C32H24N2O4/c35-31(34-29-19-24(14-16-26(29)32(36)37)23-11-5-2-6-12-23)27-17-15-25(28-13-7-8-18-33-28)20-30(27)38-21-22-9-3-1-4-10-22/h1-20H,21H2,(H,34,35)(H,36,37). The van der Waals surface area contributed by atoms with Gasteiger partial charge in [0, 0.05) is 11.8 Å². The average Bonchev–Trinajstić information content (AvgIpc) is 2.97. The lowest BCUT2D eigenvalue weighted by molar-refractivity contribution is 0.0698. The van der Waals surface area contributed by atoms with E-state index in [1.165, 1.54) is 6.07 Å². The molecule has 2 N–H and O–H groups in total. The molecule has 0 saturated heterocycles. The maximum absolute atomic E-state index is 13.5. The Labute approximate surface area is 220 Å². The lowest BCUT2D eigenvalue weighted by Crippen LogP contribution is -2.16. The third kappa shape index (κ3) is 5.60. The Balaban J connectivity index is 1.49. The number of nitrogens with zero attached hydrogens (tertiary/aromatic N) is 1. The number of aromatic carboxylic acids is 1. The van der Waals surface area contributed by atoms with E-state index in [4.69, 9.17) is 4.74 Å². The van der Waals surface area contributed by atoms with Crippen LogP contribution in [0.2, 0.25) is 0 Å². The number of ether oxygens (including phenoxy) is 1. The van der Waals surface area contributed by atoms with Gasteiger partial charge in [-0.15, -0.1) is 0 Å². The first-order chi connectivity index (χ1) is 18.6. The van der Waals surface area contributed by atoms with E-state index in [-0.39, 0.29) is 23.4 Å². The van der Waals surface area contributed by atoms with Crippen LogP contribution in [0.25, 0.3) is 22.4 Å². The smallest absolute Gasteiger partial charge is 0.337 e. The lowest BCUT2D eigenvalue weighted by Gasteiger charge is -2.15. The first kappa shape index (κ1) is 24.5. The van der Waals surface area contributed by atoms with Crippen LogP contribution >= 0.6 is 0 Å². The molecule has 5 rings (SSSR count). The summed E-state index contributed by atoms with van der Waals surface area (Å²) in [5, 5.41) is 12.6. The molecule has 4 aromatic carbocycles. The summed E-state index contributed by atoms with van der Waals surface area (Å²) in [6, 6.07) is 34.9. The van der Waals surface area contributed by atoms with Crippen LogP contribution in [0.15, 0.2) is 121 Å². The molecule has 1 aromatic heterocycles. The number of nitrogens with one attached hydrogen (secondary N) is 1. The van der Waals surface area contributed by atoms with Crippen LogP contribution in [-0.4, -0.2) is 22.0 Å². The summed E-state index contributed by atoms with van der Waals surface area (Å²) in [5.74, 6) is -1.25. The number of anilines is 1. The van der Waals surface area contributed by atoms with Crippen molar-refractivity contribution in [1.82, 2.24) is 4.98 Å². The Morgan fingerprint density at radius 2 is 1.39 bits per heavy atom. The fourth-order valence-corrected chi connectivity index (χ4v) is 4.09. The molecule has 6 nitrogen and oxygen atoms in total. The number of pyridine rings is 1. The monoisotopic (exact) mass is 500 g/mol. The van der Waals surface area contributed by atoms with Crippen LogP contribution in [0.5, 0.6) is 5.75 Å². The number of aromatic nitrogens is 1. The molecule has 5 aromatic rings. The number of carbonyl (C=O) groups excluding carboxylic acids is 1. The second kappa shape index (κ2) is 11.2. The third-order valence-corrected chi connectivity index (χ3v) is 6.03. The zero-order chi connectivity index (χ0) is 26.3. The first-order valence-electron chi connectivity index (χ1n) is 12.0. The van der Waals surface area contributed by atoms with E-state index < -0.39 is 11.9 Å². The molecule has 6 heteroatoms. The highest BCUT2D eigenvalue weighted by molar-refractivity contribution is 6.09. The molecule has 0 aliphatic rings.